The second-order valence-corrected chi connectivity index (χ2v) is 4.99. The molecule has 0 saturated carbocycles. The number of benzene rings is 1. The number of nitrogens with two attached hydrogens (primary N) is 1. The summed E-state index contributed by atoms with van der Waals surface area (Å²) in [7, 11) is 0. The van der Waals surface area contributed by atoms with Crippen molar-refractivity contribution in [2.45, 2.75) is 6.92 Å². The third kappa shape index (κ3) is 2.91. The summed E-state index contributed by atoms with van der Waals surface area (Å²) in [5.74, 6) is -1.64. The quantitative estimate of drug-likeness (QED) is 0.625. The van der Waals surface area contributed by atoms with E-state index < -0.39 is 5.97 Å². The van der Waals surface area contributed by atoms with Crippen molar-refractivity contribution in [2.24, 2.45) is 0 Å². The zero-order valence-electron chi connectivity index (χ0n) is 11.5. The first-order valence-electron chi connectivity index (χ1n) is 6.76. The summed E-state index contributed by atoms with van der Waals surface area (Å²) in [6.07, 6.45) is 0. The molecule has 108 valence electrons. The molecule has 1 aromatic rings. The second-order valence-electron chi connectivity index (χ2n) is 4.99. The van der Waals surface area contributed by atoms with E-state index in [1.54, 1.807) is 4.90 Å². The number of amides is 1. The van der Waals surface area contributed by atoms with Crippen molar-refractivity contribution in [1.82, 2.24) is 4.90 Å². The van der Waals surface area contributed by atoms with Crippen LogP contribution in [-0.4, -0.2) is 49.5 Å². The van der Waals surface area contributed by atoms with Gasteiger partial charge in [-0.3, -0.25) is 4.79 Å². The van der Waals surface area contributed by atoms with E-state index in [1.165, 1.54) is 23.1 Å². The van der Waals surface area contributed by atoms with Crippen molar-refractivity contribution in [2.75, 3.05) is 38.5 Å². The molecular formula is C14H19N3O3. The van der Waals surface area contributed by atoms with E-state index in [4.69, 9.17) is 5.73 Å². The van der Waals surface area contributed by atoms with Gasteiger partial charge >= 0.3 is 0 Å². The standard InChI is InChI=1S/C14H19N3O3/c1-2-16-5-7-17(8-6-16)13(18)11-4-3-10(15)9-12(11)14(19)20/h3-4,9H,2,5-8,15H2,1H3,(H,19,20). The Balaban J connectivity index is 2.19. The van der Waals surface area contributed by atoms with Gasteiger partial charge in [0, 0.05) is 16.8 Å². The molecule has 2 rings (SSSR count). The molecule has 6 heteroatoms. The number of hydrogen-bond donors (Lipinski definition) is 2. The molecule has 1 heterocycles. The van der Waals surface area contributed by atoms with E-state index in [9.17, 15) is 14.7 Å². The minimum Gasteiger partial charge on any atom is -0.545 e. The Hall–Kier alpha value is -2.08. The summed E-state index contributed by atoms with van der Waals surface area (Å²) >= 11 is 0. The van der Waals surface area contributed by atoms with Crippen molar-refractivity contribution in [3.8, 4) is 0 Å². The lowest BCUT2D eigenvalue weighted by molar-refractivity contribution is -0.902. The van der Waals surface area contributed by atoms with Crippen LogP contribution in [0.25, 0.3) is 0 Å². The zero-order valence-corrected chi connectivity index (χ0v) is 11.5. The van der Waals surface area contributed by atoms with E-state index in [0.717, 1.165) is 19.6 Å². The molecule has 0 radical (unpaired) electrons. The van der Waals surface area contributed by atoms with Crippen LogP contribution in [0, 0.1) is 0 Å². The van der Waals surface area contributed by atoms with Crippen LogP contribution >= 0.6 is 0 Å². The highest BCUT2D eigenvalue weighted by Gasteiger charge is 2.25. The van der Waals surface area contributed by atoms with E-state index in [2.05, 4.69) is 6.92 Å². The molecule has 1 aromatic carbocycles. The van der Waals surface area contributed by atoms with E-state index in [0.29, 0.717) is 18.8 Å². The number of nitrogens with zero attached hydrogens (tertiary/aromatic N) is 1. The maximum atomic E-state index is 12.4. The first kappa shape index (κ1) is 14.3. The first-order valence-corrected chi connectivity index (χ1v) is 6.76. The molecule has 1 fully saturated rings. The monoisotopic (exact) mass is 277 g/mol. The van der Waals surface area contributed by atoms with Crippen LogP contribution in [0.1, 0.15) is 27.6 Å². The third-order valence-corrected chi connectivity index (χ3v) is 3.75. The molecule has 0 unspecified atom stereocenters. The first-order chi connectivity index (χ1) is 9.52. The molecule has 1 aliphatic heterocycles. The number of piperazine rings is 1. The van der Waals surface area contributed by atoms with Gasteiger partial charge in [-0.05, 0) is 25.1 Å². The zero-order chi connectivity index (χ0) is 14.7. The second kappa shape index (κ2) is 5.92. The van der Waals surface area contributed by atoms with Crippen molar-refractivity contribution in [3.63, 3.8) is 0 Å². The average molecular weight is 277 g/mol. The molecule has 0 spiro atoms. The largest absolute Gasteiger partial charge is 0.545 e. The Kier molecular flexibility index (Phi) is 4.24. The molecule has 20 heavy (non-hydrogen) atoms. The van der Waals surface area contributed by atoms with Crippen LogP contribution in [0.5, 0.6) is 0 Å². The van der Waals surface area contributed by atoms with Gasteiger partial charge in [0.1, 0.15) is 0 Å². The summed E-state index contributed by atoms with van der Waals surface area (Å²) in [5.41, 5.74) is 5.88. The Morgan fingerprint density at radius 3 is 2.50 bits per heavy atom. The molecule has 6 nitrogen and oxygen atoms in total. The topological polar surface area (TPSA) is 90.9 Å². The summed E-state index contributed by atoms with van der Waals surface area (Å²) < 4.78 is 0. The van der Waals surface area contributed by atoms with Gasteiger partial charge in [0.05, 0.1) is 38.7 Å². The summed E-state index contributed by atoms with van der Waals surface area (Å²) in [6.45, 7) is 6.20. The Morgan fingerprint density at radius 1 is 1.30 bits per heavy atom. The maximum Gasteiger partial charge on any atom is 0.254 e. The van der Waals surface area contributed by atoms with Crippen molar-refractivity contribution >= 4 is 17.6 Å². The lowest BCUT2D eigenvalue weighted by atomic mass is 10.0. The number of likely N-dealkylation sites (N-methyl/N-ethyl adjacent to an activating group) is 1. The predicted molar refractivity (Wildman–Crippen MR) is 72.3 cm³/mol. The smallest absolute Gasteiger partial charge is 0.254 e. The summed E-state index contributed by atoms with van der Waals surface area (Å²) in [4.78, 5) is 26.7. The van der Waals surface area contributed by atoms with E-state index >= 15 is 0 Å². The van der Waals surface area contributed by atoms with Gasteiger partial charge < -0.3 is 25.4 Å². The molecule has 3 N–H and O–H groups in total. The number of nitrogens with one attached hydrogen (secondary N) is 1. The normalized spacial score (nSPS) is 16.1. The van der Waals surface area contributed by atoms with Crippen LogP contribution in [0.4, 0.5) is 5.69 Å². The van der Waals surface area contributed by atoms with Gasteiger partial charge in [0.2, 0.25) is 0 Å². The van der Waals surface area contributed by atoms with Gasteiger partial charge in [-0.15, -0.1) is 0 Å². The number of carbonyl (C=O) groups excluding carboxylic acids is 2. The number of rotatable bonds is 3. The predicted octanol–water partition coefficient (Wildman–Crippen LogP) is -2.01. The number of anilines is 1. The van der Waals surface area contributed by atoms with Crippen molar-refractivity contribution in [3.05, 3.63) is 29.3 Å². The highest BCUT2D eigenvalue weighted by atomic mass is 16.4. The molecule has 1 aliphatic rings. The molecular weight excluding hydrogens is 258 g/mol. The lowest BCUT2D eigenvalue weighted by Gasteiger charge is -2.32. The molecule has 0 aliphatic carbocycles. The molecule has 0 bridgehead atoms. The van der Waals surface area contributed by atoms with Crippen LogP contribution in [0.2, 0.25) is 0 Å². The number of quaternary nitrogens is 1. The fourth-order valence-electron chi connectivity index (χ4n) is 2.47. The fourth-order valence-corrected chi connectivity index (χ4v) is 2.47. The van der Waals surface area contributed by atoms with Gasteiger partial charge in [-0.2, -0.15) is 0 Å². The molecule has 0 aromatic heterocycles. The van der Waals surface area contributed by atoms with Gasteiger partial charge in [0.25, 0.3) is 5.91 Å². The Labute approximate surface area is 117 Å². The van der Waals surface area contributed by atoms with Crippen LogP contribution in [0.3, 0.4) is 0 Å². The SMILES string of the molecule is CC[NH+]1CCN(C(=O)c2ccc(N)cc2C(=O)[O-])CC1. The van der Waals surface area contributed by atoms with Crippen molar-refractivity contribution < 1.29 is 19.6 Å². The Bertz CT molecular complexity index is 522. The number of aromatic carboxylic acids is 1. The number of carboxylic acid groups (broad SMARTS) is 1. The molecule has 1 saturated heterocycles. The highest BCUT2D eigenvalue weighted by Crippen LogP contribution is 2.15. The van der Waals surface area contributed by atoms with Crippen LogP contribution in [-0.2, 0) is 0 Å². The minimum absolute atomic E-state index is 0.139. The third-order valence-electron chi connectivity index (χ3n) is 3.75. The van der Waals surface area contributed by atoms with Crippen LogP contribution < -0.4 is 15.7 Å². The minimum atomic E-state index is -1.38. The number of nitrogen functional groups attached to an aromatic ring is 1. The van der Waals surface area contributed by atoms with Gasteiger partial charge in [-0.1, -0.05) is 0 Å². The fraction of sp³-hybridized carbons (Fsp3) is 0.429. The summed E-state index contributed by atoms with van der Waals surface area (Å²) in [6, 6.07) is 4.27. The Morgan fingerprint density at radius 2 is 1.95 bits per heavy atom. The number of hydrogen-bond acceptors (Lipinski definition) is 4. The summed E-state index contributed by atoms with van der Waals surface area (Å²) in [5, 5.41) is 11.1. The average Bonchev–Trinajstić information content (AvgIpc) is 2.46. The van der Waals surface area contributed by atoms with Gasteiger partial charge in [-0.25, -0.2) is 0 Å². The van der Waals surface area contributed by atoms with E-state index in [-0.39, 0.29) is 17.0 Å². The number of carboxylic acids is 1. The molecule has 0 atom stereocenters. The van der Waals surface area contributed by atoms with E-state index in [1.807, 2.05) is 0 Å². The van der Waals surface area contributed by atoms with Crippen molar-refractivity contribution in [1.29, 1.82) is 0 Å². The van der Waals surface area contributed by atoms with Gasteiger partial charge in [0.15, 0.2) is 0 Å². The lowest BCUT2D eigenvalue weighted by Crippen LogP contribution is -3.14. The van der Waals surface area contributed by atoms with Crippen LogP contribution in [0.15, 0.2) is 18.2 Å². The number of carbonyl (C=O) groups is 2. The highest BCUT2D eigenvalue weighted by molar-refractivity contribution is 6.04. The maximum absolute atomic E-state index is 12.4. The molecule has 1 amide bonds.